The first-order valence-corrected chi connectivity index (χ1v) is 8.79. The number of halogens is 2. The highest BCUT2D eigenvalue weighted by Crippen LogP contribution is 2.38. The van der Waals surface area contributed by atoms with Crippen molar-refractivity contribution < 1.29 is 14.3 Å². The molecule has 1 fully saturated rings. The molecule has 2 aromatic carbocycles. The Hall–Kier alpha value is -1.72. The summed E-state index contributed by atoms with van der Waals surface area (Å²) in [5, 5.41) is 13.0. The number of hydrogen-bond donors (Lipinski definition) is 2. The Labute approximate surface area is 149 Å². The molecule has 0 heterocycles. The molecule has 24 heavy (non-hydrogen) atoms. The van der Waals surface area contributed by atoms with Gasteiger partial charge in [0.15, 0.2) is 0 Å². The monoisotopic (exact) mass is 391 g/mol. The molecule has 0 saturated heterocycles. The molecule has 2 aromatic rings. The number of benzene rings is 2. The lowest BCUT2D eigenvalue weighted by Crippen LogP contribution is -2.43. The van der Waals surface area contributed by atoms with Crippen molar-refractivity contribution in [3.05, 3.63) is 69.9 Å². The van der Waals surface area contributed by atoms with Crippen molar-refractivity contribution in [1.82, 2.24) is 5.32 Å². The first-order valence-electron chi connectivity index (χ1n) is 8.00. The predicted molar refractivity (Wildman–Crippen MR) is 94.0 cm³/mol. The summed E-state index contributed by atoms with van der Waals surface area (Å²) in [6, 6.07) is 14.4. The quantitative estimate of drug-likeness (QED) is 0.806. The van der Waals surface area contributed by atoms with Crippen molar-refractivity contribution in [2.75, 3.05) is 0 Å². The lowest BCUT2D eigenvalue weighted by atomic mass is 9.76. The Bertz CT molecular complexity index is 717. The van der Waals surface area contributed by atoms with Crippen LogP contribution in [0.15, 0.2) is 53.0 Å². The maximum absolute atomic E-state index is 13.3. The van der Waals surface area contributed by atoms with Gasteiger partial charge in [0.25, 0.3) is 0 Å². The smallest absolute Gasteiger partial charge is 0.223 e. The average Bonchev–Trinajstić information content (AvgIpc) is 2.54. The van der Waals surface area contributed by atoms with E-state index in [0.29, 0.717) is 10.4 Å². The molecule has 0 unspecified atom stereocenters. The minimum atomic E-state index is -0.782. The Morgan fingerprint density at radius 2 is 1.96 bits per heavy atom. The van der Waals surface area contributed by atoms with Crippen molar-refractivity contribution in [2.24, 2.45) is 0 Å². The minimum absolute atomic E-state index is 0.0628. The highest BCUT2D eigenvalue weighted by Gasteiger charge is 2.32. The number of aliphatic hydroxyl groups is 1. The zero-order valence-corrected chi connectivity index (χ0v) is 14.7. The number of amides is 1. The highest BCUT2D eigenvalue weighted by molar-refractivity contribution is 9.10. The number of carbonyl (C=O) groups excluding carboxylic acids is 1. The van der Waals surface area contributed by atoms with Crippen LogP contribution in [0.25, 0.3) is 0 Å². The van der Waals surface area contributed by atoms with Gasteiger partial charge in [-0.3, -0.25) is 4.79 Å². The largest absolute Gasteiger partial charge is 0.388 e. The molecular formula is C19H19BrFNO2. The Kier molecular flexibility index (Phi) is 5.31. The SMILES string of the molecule is O=C(C[C@H](O)c1ccccc1)NC1CC(c2ccc(F)c(Br)c2)C1. The molecule has 0 radical (unpaired) electrons. The van der Waals surface area contributed by atoms with Gasteiger partial charge in [-0.05, 0) is 57.9 Å². The van der Waals surface area contributed by atoms with Crippen LogP contribution < -0.4 is 5.32 Å². The zero-order chi connectivity index (χ0) is 17.1. The molecule has 3 nitrogen and oxygen atoms in total. The van der Waals surface area contributed by atoms with Gasteiger partial charge in [0, 0.05) is 6.04 Å². The first-order chi connectivity index (χ1) is 11.5. The van der Waals surface area contributed by atoms with E-state index < -0.39 is 6.10 Å². The van der Waals surface area contributed by atoms with Gasteiger partial charge in [-0.25, -0.2) is 4.39 Å². The second kappa shape index (κ2) is 7.45. The van der Waals surface area contributed by atoms with Crippen LogP contribution in [0.2, 0.25) is 0 Å². The lowest BCUT2D eigenvalue weighted by molar-refractivity contribution is -0.124. The summed E-state index contributed by atoms with van der Waals surface area (Å²) in [4.78, 5) is 12.0. The van der Waals surface area contributed by atoms with Crippen LogP contribution in [0.3, 0.4) is 0 Å². The molecule has 5 heteroatoms. The number of rotatable bonds is 5. The molecule has 1 amide bonds. The van der Waals surface area contributed by atoms with Gasteiger partial charge >= 0.3 is 0 Å². The van der Waals surface area contributed by atoms with E-state index in [1.807, 2.05) is 30.3 Å². The summed E-state index contributed by atoms with van der Waals surface area (Å²) in [5.74, 6) is -0.0702. The third-order valence-corrected chi connectivity index (χ3v) is 5.09. The number of hydrogen-bond acceptors (Lipinski definition) is 2. The summed E-state index contributed by atoms with van der Waals surface area (Å²) in [7, 11) is 0. The molecule has 126 valence electrons. The Morgan fingerprint density at radius 1 is 1.25 bits per heavy atom. The van der Waals surface area contributed by atoms with E-state index in [2.05, 4.69) is 21.2 Å². The van der Waals surface area contributed by atoms with Gasteiger partial charge < -0.3 is 10.4 Å². The Balaban J connectivity index is 1.47. The number of carbonyl (C=O) groups is 1. The van der Waals surface area contributed by atoms with Crippen molar-refractivity contribution >= 4 is 21.8 Å². The van der Waals surface area contributed by atoms with E-state index in [1.165, 1.54) is 6.07 Å². The number of aliphatic hydroxyl groups excluding tert-OH is 1. The van der Waals surface area contributed by atoms with E-state index in [1.54, 1.807) is 12.1 Å². The van der Waals surface area contributed by atoms with Crippen LogP contribution in [0, 0.1) is 5.82 Å². The summed E-state index contributed by atoms with van der Waals surface area (Å²) < 4.78 is 13.7. The number of nitrogens with one attached hydrogen (secondary N) is 1. The van der Waals surface area contributed by atoms with Gasteiger partial charge in [0.2, 0.25) is 5.91 Å². The van der Waals surface area contributed by atoms with Gasteiger partial charge in [-0.15, -0.1) is 0 Å². The van der Waals surface area contributed by atoms with Crippen LogP contribution in [-0.2, 0) is 4.79 Å². The summed E-state index contributed by atoms with van der Waals surface area (Å²) in [6.45, 7) is 0. The predicted octanol–water partition coefficient (Wildman–Crippen LogP) is 4.07. The van der Waals surface area contributed by atoms with Crippen molar-refractivity contribution in [3.63, 3.8) is 0 Å². The lowest BCUT2D eigenvalue weighted by Gasteiger charge is -2.36. The van der Waals surface area contributed by atoms with Crippen LogP contribution in [-0.4, -0.2) is 17.1 Å². The van der Waals surface area contributed by atoms with E-state index in [4.69, 9.17) is 0 Å². The normalized spacial score (nSPS) is 21.0. The molecule has 1 atom stereocenters. The summed E-state index contributed by atoms with van der Waals surface area (Å²) in [6.07, 6.45) is 0.958. The van der Waals surface area contributed by atoms with E-state index in [9.17, 15) is 14.3 Å². The molecule has 0 aliphatic heterocycles. The second-order valence-corrected chi connectivity index (χ2v) is 7.09. The summed E-state index contributed by atoms with van der Waals surface area (Å²) in [5.41, 5.74) is 1.83. The van der Waals surface area contributed by atoms with Crippen LogP contribution in [0.5, 0.6) is 0 Å². The van der Waals surface area contributed by atoms with Gasteiger partial charge in [0.05, 0.1) is 17.0 Å². The molecule has 0 spiro atoms. The third kappa shape index (κ3) is 4.02. The maximum Gasteiger partial charge on any atom is 0.223 e. The molecule has 1 aliphatic carbocycles. The summed E-state index contributed by atoms with van der Waals surface area (Å²) >= 11 is 3.20. The molecule has 3 rings (SSSR count). The maximum atomic E-state index is 13.3. The van der Waals surface area contributed by atoms with Crippen molar-refractivity contribution in [1.29, 1.82) is 0 Å². The fraction of sp³-hybridized carbons (Fsp3) is 0.316. The minimum Gasteiger partial charge on any atom is -0.388 e. The van der Waals surface area contributed by atoms with Crippen LogP contribution in [0.1, 0.15) is 42.4 Å². The molecular weight excluding hydrogens is 373 g/mol. The highest BCUT2D eigenvalue weighted by atomic mass is 79.9. The average molecular weight is 392 g/mol. The van der Waals surface area contributed by atoms with Crippen LogP contribution >= 0.6 is 15.9 Å². The fourth-order valence-corrected chi connectivity index (χ4v) is 3.43. The molecule has 0 aromatic heterocycles. The second-order valence-electron chi connectivity index (χ2n) is 6.24. The molecule has 0 bridgehead atoms. The first kappa shape index (κ1) is 17.1. The van der Waals surface area contributed by atoms with Crippen molar-refractivity contribution in [3.8, 4) is 0 Å². The van der Waals surface area contributed by atoms with E-state index in [0.717, 1.165) is 24.0 Å². The molecule has 2 N–H and O–H groups in total. The van der Waals surface area contributed by atoms with Gasteiger partial charge in [0.1, 0.15) is 5.82 Å². The van der Waals surface area contributed by atoms with Crippen molar-refractivity contribution in [2.45, 2.75) is 37.3 Å². The molecule has 1 aliphatic rings. The third-order valence-electron chi connectivity index (χ3n) is 4.48. The van der Waals surface area contributed by atoms with Crippen LogP contribution in [0.4, 0.5) is 4.39 Å². The zero-order valence-electron chi connectivity index (χ0n) is 13.1. The van der Waals surface area contributed by atoms with E-state index >= 15 is 0 Å². The van der Waals surface area contributed by atoms with Gasteiger partial charge in [-0.2, -0.15) is 0 Å². The van der Waals surface area contributed by atoms with E-state index in [-0.39, 0.29) is 24.2 Å². The molecule has 1 saturated carbocycles. The Morgan fingerprint density at radius 3 is 2.62 bits per heavy atom. The standard InChI is InChI=1S/C19H19BrFNO2/c20-16-10-13(6-7-17(16)21)14-8-15(9-14)22-19(24)11-18(23)12-4-2-1-3-5-12/h1-7,10,14-15,18,23H,8-9,11H2,(H,22,24)/t14?,15?,18-/m0/s1. The van der Waals surface area contributed by atoms with Gasteiger partial charge in [-0.1, -0.05) is 36.4 Å². The fourth-order valence-electron chi connectivity index (χ4n) is 3.03. The topological polar surface area (TPSA) is 49.3 Å².